The summed E-state index contributed by atoms with van der Waals surface area (Å²) in [4.78, 5) is 14.1. The van der Waals surface area contributed by atoms with Crippen LogP contribution in [0.4, 0.5) is 5.95 Å². The van der Waals surface area contributed by atoms with Crippen molar-refractivity contribution in [3.05, 3.63) is 0 Å². The quantitative estimate of drug-likeness (QED) is 0.484. The molecule has 25 heavy (non-hydrogen) atoms. The van der Waals surface area contributed by atoms with Gasteiger partial charge in [0.1, 0.15) is 0 Å². The van der Waals surface area contributed by atoms with Gasteiger partial charge in [-0.15, -0.1) is 10.2 Å². The fraction of sp³-hybridized carbons (Fsp3) is 0.812. The van der Waals surface area contributed by atoms with Crippen molar-refractivity contribution in [1.82, 2.24) is 20.1 Å². The molecule has 1 aliphatic heterocycles. The van der Waals surface area contributed by atoms with Crippen molar-refractivity contribution >= 4 is 23.6 Å². The first-order chi connectivity index (χ1) is 12.1. The normalized spacial score (nSPS) is 15.0. The number of rotatable bonds is 10. The van der Waals surface area contributed by atoms with Gasteiger partial charge in [0.15, 0.2) is 5.16 Å². The van der Waals surface area contributed by atoms with Gasteiger partial charge in [0, 0.05) is 33.3 Å². The van der Waals surface area contributed by atoms with E-state index in [1.54, 1.807) is 0 Å². The van der Waals surface area contributed by atoms with E-state index in [0.717, 1.165) is 37.2 Å². The summed E-state index contributed by atoms with van der Waals surface area (Å²) in [7, 11) is 1.92. The van der Waals surface area contributed by atoms with Crippen LogP contribution in [0.1, 0.15) is 20.3 Å². The van der Waals surface area contributed by atoms with Crippen LogP contribution >= 0.6 is 11.8 Å². The molecule has 1 saturated heterocycles. The molecule has 0 saturated carbocycles. The van der Waals surface area contributed by atoms with Crippen LogP contribution in [0.5, 0.6) is 0 Å². The fourth-order valence-electron chi connectivity index (χ4n) is 2.34. The average molecular weight is 372 g/mol. The Bertz CT molecular complexity index is 532. The number of aromatic nitrogens is 3. The van der Waals surface area contributed by atoms with Gasteiger partial charge in [-0.2, -0.15) is 0 Å². The number of thioether (sulfide) groups is 1. The fourth-order valence-corrected chi connectivity index (χ4v) is 3.07. The number of hydrogen-bond acceptors (Lipinski definition) is 7. The maximum atomic E-state index is 11.9. The Kier molecular flexibility index (Phi) is 8.50. The largest absolute Gasteiger partial charge is 0.380 e. The standard InChI is InChI=1S/C16H29N5O3S/c1-13(2)4-8-23-9-5-17-14(22)12-25-16-19-18-15(20(16)3)21-6-10-24-11-7-21/h13H,4-12H2,1-3H3,(H,17,22). The van der Waals surface area contributed by atoms with Crippen molar-refractivity contribution in [1.29, 1.82) is 0 Å². The number of anilines is 1. The molecule has 0 atom stereocenters. The zero-order chi connectivity index (χ0) is 18.1. The van der Waals surface area contributed by atoms with Gasteiger partial charge < -0.3 is 19.7 Å². The van der Waals surface area contributed by atoms with Crippen molar-refractivity contribution in [3.63, 3.8) is 0 Å². The number of nitrogens with zero attached hydrogens (tertiary/aromatic N) is 4. The number of carbonyl (C=O) groups is 1. The Morgan fingerprint density at radius 1 is 1.32 bits per heavy atom. The Balaban J connectivity index is 1.65. The molecule has 1 amide bonds. The second-order valence-electron chi connectivity index (χ2n) is 6.37. The molecule has 1 fully saturated rings. The third kappa shape index (κ3) is 6.83. The number of amides is 1. The van der Waals surface area contributed by atoms with Crippen molar-refractivity contribution in [2.24, 2.45) is 13.0 Å². The summed E-state index contributed by atoms with van der Waals surface area (Å²) >= 11 is 1.39. The smallest absolute Gasteiger partial charge is 0.230 e. The average Bonchev–Trinajstić information content (AvgIpc) is 2.97. The molecular formula is C16H29N5O3S. The first-order valence-corrected chi connectivity index (χ1v) is 9.75. The van der Waals surface area contributed by atoms with Crippen LogP contribution in [0.2, 0.25) is 0 Å². The molecule has 142 valence electrons. The van der Waals surface area contributed by atoms with E-state index < -0.39 is 0 Å². The number of ether oxygens (including phenoxy) is 2. The number of carbonyl (C=O) groups excluding carboxylic acids is 1. The molecule has 0 unspecified atom stereocenters. The minimum Gasteiger partial charge on any atom is -0.380 e. The molecule has 0 aliphatic carbocycles. The van der Waals surface area contributed by atoms with Gasteiger partial charge in [0.2, 0.25) is 11.9 Å². The second-order valence-corrected chi connectivity index (χ2v) is 7.32. The topological polar surface area (TPSA) is 81.5 Å². The molecule has 0 radical (unpaired) electrons. The van der Waals surface area contributed by atoms with Crippen molar-refractivity contribution in [3.8, 4) is 0 Å². The Morgan fingerprint density at radius 2 is 2.08 bits per heavy atom. The summed E-state index contributed by atoms with van der Waals surface area (Å²) in [5, 5.41) is 12.0. The lowest BCUT2D eigenvalue weighted by atomic mass is 10.1. The van der Waals surface area contributed by atoms with Crippen LogP contribution < -0.4 is 10.2 Å². The summed E-state index contributed by atoms with van der Waals surface area (Å²) in [5.74, 6) is 1.76. The van der Waals surface area contributed by atoms with Crippen LogP contribution in [-0.2, 0) is 21.3 Å². The minimum absolute atomic E-state index is 0.0200. The predicted octanol–water partition coefficient (Wildman–Crippen LogP) is 0.923. The van der Waals surface area contributed by atoms with E-state index in [2.05, 4.69) is 34.3 Å². The third-order valence-electron chi connectivity index (χ3n) is 3.85. The lowest BCUT2D eigenvalue weighted by Crippen LogP contribution is -2.37. The van der Waals surface area contributed by atoms with E-state index in [0.29, 0.717) is 38.0 Å². The Morgan fingerprint density at radius 3 is 2.80 bits per heavy atom. The van der Waals surface area contributed by atoms with Crippen LogP contribution in [0, 0.1) is 5.92 Å². The van der Waals surface area contributed by atoms with Gasteiger partial charge in [-0.1, -0.05) is 25.6 Å². The molecule has 0 bridgehead atoms. The van der Waals surface area contributed by atoms with Gasteiger partial charge in [0.05, 0.1) is 25.6 Å². The van der Waals surface area contributed by atoms with Crippen LogP contribution in [0.3, 0.4) is 0 Å². The molecule has 0 spiro atoms. The zero-order valence-corrected chi connectivity index (χ0v) is 16.2. The van der Waals surface area contributed by atoms with Crippen LogP contribution in [0.15, 0.2) is 5.16 Å². The summed E-state index contributed by atoms with van der Waals surface area (Å²) in [6, 6.07) is 0. The molecule has 2 heterocycles. The van der Waals surface area contributed by atoms with E-state index >= 15 is 0 Å². The summed E-state index contributed by atoms with van der Waals surface area (Å²) in [5.41, 5.74) is 0. The highest BCUT2D eigenvalue weighted by atomic mass is 32.2. The molecule has 1 N–H and O–H groups in total. The van der Waals surface area contributed by atoms with Crippen LogP contribution in [-0.4, -0.2) is 72.5 Å². The number of hydrogen-bond donors (Lipinski definition) is 1. The Labute approximate surface area is 153 Å². The Hall–Kier alpha value is -1.32. The van der Waals surface area contributed by atoms with E-state index in [1.807, 2.05) is 11.6 Å². The van der Waals surface area contributed by atoms with Crippen molar-refractivity contribution in [2.45, 2.75) is 25.4 Å². The van der Waals surface area contributed by atoms with Gasteiger partial charge in [0.25, 0.3) is 0 Å². The molecule has 0 aromatic carbocycles. The highest BCUT2D eigenvalue weighted by Gasteiger charge is 2.18. The molecule has 8 nitrogen and oxygen atoms in total. The predicted molar refractivity (Wildman–Crippen MR) is 98.0 cm³/mol. The minimum atomic E-state index is -0.0200. The molecule has 2 rings (SSSR count). The summed E-state index contributed by atoms with van der Waals surface area (Å²) in [6.45, 7) is 9.20. The lowest BCUT2D eigenvalue weighted by Gasteiger charge is -2.27. The van der Waals surface area contributed by atoms with Gasteiger partial charge in [-0.3, -0.25) is 9.36 Å². The summed E-state index contributed by atoms with van der Waals surface area (Å²) < 4.78 is 12.8. The molecule has 9 heteroatoms. The molecular weight excluding hydrogens is 342 g/mol. The SMILES string of the molecule is CC(C)CCOCCNC(=O)CSc1nnc(N2CCOCC2)n1C. The highest BCUT2D eigenvalue weighted by molar-refractivity contribution is 7.99. The van der Waals surface area contributed by atoms with Crippen LogP contribution in [0.25, 0.3) is 0 Å². The van der Waals surface area contributed by atoms with E-state index in [4.69, 9.17) is 9.47 Å². The van der Waals surface area contributed by atoms with E-state index in [1.165, 1.54) is 11.8 Å². The van der Waals surface area contributed by atoms with Gasteiger partial charge in [-0.05, 0) is 12.3 Å². The molecule has 1 aromatic heterocycles. The zero-order valence-electron chi connectivity index (χ0n) is 15.4. The highest BCUT2D eigenvalue weighted by Crippen LogP contribution is 2.20. The maximum absolute atomic E-state index is 11.9. The maximum Gasteiger partial charge on any atom is 0.230 e. The molecule has 1 aliphatic rings. The first kappa shape index (κ1) is 20.0. The van der Waals surface area contributed by atoms with E-state index in [-0.39, 0.29) is 5.91 Å². The number of morpholine rings is 1. The first-order valence-electron chi connectivity index (χ1n) is 8.77. The van der Waals surface area contributed by atoms with Crippen molar-refractivity contribution in [2.75, 3.05) is 56.7 Å². The third-order valence-corrected chi connectivity index (χ3v) is 4.87. The van der Waals surface area contributed by atoms with Gasteiger partial charge in [-0.25, -0.2) is 0 Å². The number of nitrogens with one attached hydrogen (secondary N) is 1. The van der Waals surface area contributed by atoms with Gasteiger partial charge >= 0.3 is 0 Å². The lowest BCUT2D eigenvalue weighted by molar-refractivity contribution is -0.118. The molecule has 1 aromatic rings. The second kappa shape index (κ2) is 10.6. The van der Waals surface area contributed by atoms with E-state index in [9.17, 15) is 4.79 Å². The monoisotopic (exact) mass is 371 g/mol. The van der Waals surface area contributed by atoms with Crippen molar-refractivity contribution < 1.29 is 14.3 Å². The summed E-state index contributed by atoms with van der Waals surface area (Å²) in [6.07, 6.45) is 1.04.